The molecule has 1 atom stereocenters. The molecule has 104 valence electrons. The third-order valence-corrected chi connectivity index (χ3v) is 2.71. The average molecular weight is 256 g/mol. The van der Waals surface area contributed by atoms with Gasteiger partial charge in [0.05, 0.1) is 6.04 Å². The summed E-state index contributed by atoms with van der Waals surface area (Å²) in [5.41, 5.74) is -0.490. The number of nitrogens with one attached hydrogen (secondary N) is 1. The quantitative estimate of drug-likeness (QED) is 0.819. The predicted molar refractivity (Wildman–Crippen MR) is 69.2 cm³/mol. The fourth-order valence-corrected chi connectivity index (χ4v) is 1.92. The van der Waals surface area contributed by atoms with Gasteiger partial charge >= 0.3 is 6.09 Å². The lowest BCUT2D eigenvalue weighted by atomic mass is 10.2. The number of rotatable bonds is 2. The second-order valence-electron chi connectivity index (χ2n) is 6.07. The summed E-state index contributed by atoms with van der Waals surface area (Å²) in [5.74, 6) is 0.147. The number of amides is 2. The van der Waals surface area contributed by atoms with Crippen molar-refractivity contribution in [2.75, 3.05) is 13.1 Å². The number of ether oxygens (including phenoxy) is 1. The van der Waals surface area contributed by atoms with Gasteiger partial charge in [0.2, 0.25) is 5.91 Å². The SMILES string of the molecule is CC(C)C(=O)N1CCC(NC(=O)OC(C)(C)C)C1. The van der Waals surface area contributed by atoms with Crippen LogP contribution in [0.25, 0.3) is 0 Å². The highest BCUT2D eigenvalue weighted by Crippen LogP contribution is 2.14. The molecule has 1 fully saturated rings. The minimum atomic E-state index is -0.490. The summed E-state index contributed by atoms with van der Waals surface area (Å²) in [5, 5.41) is 2.80. The molecule has 1 aliphatic rings. The zero-order chi connectivity index (χ0) is 13.9. The van der Waals surface area contributed by atoms with Gasteiger partial charge < -0.3 is 15.0 Å². The van der Waals surface area contributed by atoms with Crippen molar-refractivity contribution in [2.45, 2.75) is 52.7 Å². The number of likely N-dealkylation sites (tertiary alicyclic amines) is 1. The van der Waals surface area contributed by atoms with Crippen LogP contribution in [0.2, 0.25) is 0 Å². The molecule has 0 saturated carbocycles. The number of carbonyl (C=O) groups is 2. The minimum absolute atomic E-state index is 0.00236. The molecule has 1 unspecified atom stereocenters. The maximum Gasteiger partial charge on any atom is 0.407 e. The van der Waals surface area contributed by atoms with Gasteiger partial charge in [-0.25, -0.2) is 4.79 Å². The van der Waals surface area contributed by atoms with E-state index in [4.69, 9.17) is 4.74 Å². The van der Waals surface area contributed by atoms with Crippen LogP contribution in [-0.2, 0) is 9.53 Å². The van der Waals surface area contributed by atoms with E-state index in [0.29, 0.717) is 13.1 Å². The van der Waals surface area contributed by atoms with Crippen molar-refractivity contribution in [1.82, 2.24) is 10.2 Å². The lowest BCUT2D eigenvalue weighted by Gasteiger charge is -2.22. The summed E-state index contributed by atoms with van der Waals surface area (Å²) in [7, 11) is 0. The van der Waals surface area contributed by atoms with E-state index < -0.39 is 11.7 Å². The van der Waals surface area contributed by atoms with Crippen molar-refractivity contribution in [3.05, 3.63) is 0 Å². The Balaban J connectivity index is 2.39. The van der Waals surface area contributed by atoms with Crippen LogP contribution >= 0.6 is 0 Å². The molecule has 1 aliphatic heterocycles. The summed E-state index contributed by atoms with van der Waals surface area (Å²) in [4.78, 5) is 25.2. The molecule has 0 bridgehead atoms. The van der Waals surface area contributed by atoms with E-state index in [-0.39, 0.29) is 17.9 Å². The summed E-state index contributed by atoms with van der Waals surface area (Å²) < 4.78 is 5.19. The molecular weight excluding hydrogens is 232 g/mol. The molecule has 0 aliphatic carbocycles. The molecule has 1 saturated heterocycles. The third-order valence-electron chi connectivity index (χ3n) is 2.71. The van der Waals surface area contributed by atoms with Crippen LogP contribution in [0.4, 0.5) is 4.79 Å². The molecule has 0 aromatic heterocycles. The summed E-state index contributed by atoms with van der Waals surface area (Å²) in [6.07, 6.45) is 0.379. The van der Waals surface area contributed by atoms with Gasteiger partial charge in [0.15, 0.2) is 0 Å². The smallest absolute Gasteiger partial charge is 0.407 e. The maximum absolute atomic E-state index is 11.8. The van der Waals surface area contributed by atoms with E-state index in [1.165, 1.54) is 0 Å². The van der Waals surface area contributed by atoms with E-state index in [0.717, 1.165) is 6.42 Å². The van der Waals surface area contributed by atoms with Crippen molar-refractivity contribution in [1.29, 1.82) is 0 Å². The topological polar surface area (TPSA) is 58.6 Å². The van der Waals surface area contributed by atoms with Crippen molar-refractivity contribution in [3.63, 3.8) is 0 Å². The first kappa shape index (κ1) is 14.8. The first-order chi connectivity index (χ1) is 8.19. The van der Waals surface area contributed by atoms with Crippen molar-refractivity contribution >= 4 is 12.0 Å². The number of carbonyl (C=O) groups excluding carboxylic acids is 2. The number of hydrogen-bond acceptors (Lipinski definition) is 3. The Kier molecular flexibility index (Phi) is 4.59. The largest absolute Gasteiger partial charge is 0.444 e. The van der Waals surface area contributed by atoms with E-state index in [1.807, 2.05) is 34.6 Å². The monoisotopic (exact) mass is 256 g/mol. The molecule has 1 rings (SSSR count). The molecule has 5 nitrogen and oxygen atoms in total. The van der Waals surface area contributed by atoms with Crippen LogP contribution in [-0.4, -0.2) is 41.6 Å². The molecule has 1 heterocycles. The Morgan fingerprint density at radius 1 is 1.33 bits per heavy atom. The Bertz CT molecular complexity index is 321. The van der Waals surface area contributed by atoms with Gasteiger partial charge in [-0.05, 0) is 27.2 Å². The Morgan fingerprint density at radius 3 is 2.44 bits per heavy atom. The number of alkyl carbamates (subject to hydrolysis) is 1. The lowest BCUT2D eigenvalue weighted by Crippen LogP contribution is -2.41. The Hall–Kier alpha value is -1.26. The fourth-order valence-electron chi connectivity index (χ4n) is 1.92. The normalized spacial score (nSPS) is 20.1. The second kappa shape index (κ2) is 5.59. The number of hydrogen-bond donors (Lipinski definition) is 1. The molecule has 0 spiro atoms. The maximum atomic E-state index is 11.8. The fraction of sp³-hybridized carbons (Fsp3) is 0.846. The average Bonchev–Trinajstić information content (AvgIpc) is 2.61. The molecule has 5 heteroatoms. The second-order valence-corrected chi connectivity index (χ2v) is 6.07. The molecule has 1 N–H and O–H groups in total. The lowest BCUT2D eigenvalue weighted by molar-refractivity contribution is -0.133. The Labute approximate surface area is 109 Å². The van der Waals surface area contributed by atoms with E-state index in [2.05, 4.69) is 5.32 Å². The summed E-state index contributed by atoms with van der Waals surface area (Å²) >= 11 is 0. The zero-order valence-electron chi connectivity index (χ0n) is 11.9. The molecule has 0 aromatic rings. The van der Waals surface area contributed by atoms with Crippen LogP contribution in [0.3, 0.4) is 0 Å². The van der Waals surface area contributed by atoms with Crippen molar-refractivity contribution in [2.24, 2.45) is 5.92 Å². The van der Waals surface area contributed by atoms with E-state index >= 15 is 0 Å². The van der Waals surface area contributed by atoms with Crippen LogP contribution in [0, 0.1) is 5.92 Å². The number of nitrogens with zero attached hydrogens (tertiary/aromatic N) is 1. The van der Waals surface area contributed by atoms with Crippen LogP contribution < -0.4 is 5.32 Å². The Morgan fingerprint density at radius 2 is 1.94 bits per heavy atom. The van der Waals surface area contributed by atoms with Crippen molar-refractivity contribution in [3.8, 4) is 0 Å². The van der Waals surface area contributed by atoms with E-state index in [1.54, 1.807) is 4.90 Å². The van der Waals surface area contributed by atoms with Crippen LogP contribution in [0.5, 0.6) is 0 Å². The highest BCUT2D eigenvalue weighted by atomic mass is 16.6. The molecular formula is C13H24N2O3. The third kappa shape index (κ3) is 4.55. The van der Waals surface area contributed by atoms with Gasteiger partial charge in [0.1, 0.15) is 5.60 Å². The molecule has 2 amide bonds. The standard InChI is InChI=1S/C13H24N2O3/c1-9(2)11(16)15-7-6-10(8-15)14-12(17)18-13(3,4)5/h9-10H,6-8H2,1-5H3,(H,14,17). The first-order valence-electron chi connectivity index (χ1n) is 6.47. The summed E-state index contributed by atoms with van der Waals surface area (Å²) in [6.45, 7) is 10.5. The van der Waals surface area contributed by atoms with Gasteiger partial charge in [-0.2, -0.15) is 0 Å². The van der Waals surface area contributed by atoms with Gasteiger partial charge in [-0.1, -0.05) is 13.8 Å². The van der Waals surface area contributed by atoms with Crippen LogP contribution in [0.1, 0.15) is 41.0 Å². The highest BCUT2D eigenvalue weighted by Gasteiger charge is 2.29. The summed E-state index contributed by atoms with van der Waals surface area (Å²) in [6, 6.07) is 0.00236. The molecule has 0 radical (unpaired) electrons. The minimum Gasteiger partial charge on any atom is -0.444 e. The van der Waals surface area contributed by atoms with Crippen LogP contribution in [0.15, 0.2) is 0 Å². The van der Waals surface area contributed by atoms with Gasteiger partial charge in [0, 0.05) is 19.0 Å². The highest BCUT2D eigenvalue weighted by molar-refractivity contribution is 5.78. The van der Waals surface area contributed by atoms with E-state index in [9.17, 15) is 9.59 Å². The first-order valence-corrected chi connectivity index (χ1v) is 6.47. The zero-order valence-corrected chi connectivity index (χ0v) is 11.9. The van der Waals surface area contributed by atoms with Gasteiger partial charge in [-0.3, -0.25) is 4.79 Å². The van der Waals surface area contributed by atoms with Gasteiger partial charge in [0.25, 0.3) is 0 Å². The van der Waals surface area contributed by atoms with Gasteiger partial charge in [-0.15, -0.1) is 0 Å². The predicted octanol–water partition coefficient (Wildman–Crippen LogP) is 1.77. The molecule has 18 heavy (non-hydrogen) atoms. The van der Waals surface area contributed by atoms with Crippen molar-refractivity contribution < 1.29 is 14.3 Å². The molecule has 0 aromatic carbocycles.